The Morgan fingerprint density at radius 3 is 2.21 bits per heavy atom. The van der Waals surface area contributed by atoms with Gasteiger partial charge in [-0.1, -0.05) is 0 Å². The maximum absolute atomic E-state index is 13.1. The van der Waals surface area contributed by atoms with E-state index in [4.69, 9.17) is 10.00 Å². The van der Waals surface area contributed by atoms with Crippen LogP contribution in [0.15, 0.2) is 29.2 Å². The maximum Gasteiger partial charge on any atom is 0.243 e. The number of amides is 1. The van der Waals surface area contributed by atoms with Gasteiger partial charge in [-0.15, -0.1) is 0 Å². The number of sulfonamides is 1. The van der Waals surface area contributed by atoms with Gasteiger partial charge in [0.2, 0.25) is 15.9 Å². The summed E-state index contributed by atoms with van der Waals surface area (Å²) >= 11 is 0. The molecule has 3 saturated heterocycles. The lowest BCUT2D eigenvalue weighted by Gasteiger charge is -2.37. The molecule has 1 aromatic carbocycles. The van der Waals surface area contributed by atoms with Crippen LogP contribution in [0.5, 0.6) is 0 Å². The predicted molar refractivity (Wildman–Crippen MR) is 124 cm³/mol. The SMILES string of the molecule is N#Cc1ccc(S(=O)(=O)N2CCC(C(=O)N3CCC(CCN4CCOCC4)CC3)CC2)cc1. The van der Waals surface area contributed by atoms with Crippen LogP contribution in [-0.4, -0.2) is 87.5 Å². The van der Waals surface area contributed by atoms with E-state index in [9.17, 15) is 13.2 Å². The molecule has 0 spiro atoms. The topological polar surface area (TPSA) is 94.0 Å². The highest BCUT2D eigenvalue weighted by Crippen LogP contribution is 2.28. The molecule has 1 aromatic rings. The van der Waals surface area contributed by atoms with Crippen molar-refractivity contribution in [2.75, 3.05) is 59.0 Å². The number of hydrogen-bond donors (Lipinski definition) is 0. The summed E-state index contributed by atoms with van der Waals surface area (Å²) in [6.07, 6.45) is 4.42. The number of carbonyl (C=O) groups excluding carboxylic acids is 1. The Bertz CT molecular complexity index is 938. The summed E-state index contributed by atoms with van der Waals surface area (Å²) in [7, 11) is -3.60. The third-order valence-corrected chi connectivity index (χ3v) is 9.22. The lowest BCUT2D eigenvalue weighted by molar-refractivity contribution is -0.138. The Balaban J connectivity index is 1.22. The number of carbonyl (C=O) groups is 1. The first-order valence-electron chi connectivity index (χ1n) is 12.1. The van der Waals surface area contributed by atoms with E-state index in [1.165, 1.54) is 35.0 Å². The molecular weight excluding hydrogens is 440 g/mol. The van der Waals surface area contributed by atoms with Crippen molar-refractivity contribution >= 4 is 15.9 Å². The standard InChI is InChI=1S/C24H34N4O4S/c25-19-21-1-3-23(4-2-21)33(30,31)28-13-8-22(9-14-28)24(29)27-11-6-20(7-12-27)5-10-26-15-17-32-18-16-26/h1-4,20,22H,5-18H2. The number of rotatable bonds is 6. The molecule has 0 bridgehead atoms. The lowest BCUT2D eigenvalue weighted by atomic mass is 9.91. The second kappa shape index (κ2) is 11.0. The molecule has 0 unspecified atom stereocenters. The molecule has 3 aliphatic rings. The first kappa shape index (κ1) is 24.1. The van der Waals surface area contributed by atoms with Gasteiger partial charge in [0.05, 0.1) is 29.7 Å². The van der Waals surface area contributed by atoms with Gasteiger partial charge in [-0.25, -0.2) is 8.42 Å². The van der Waals surface area contributed by atoms with Crippen LogP contribution in [0.1, 0.15) is 37.7 Å². The quantitative estimate of drug-likeness (QED) is 0.625. The molecule has 33 heavy (non-hydrogen) atoms. The number of morpholine rings is 1. The van der Waals surface area contributed by atoms with Gasteiger partial charge in [0.25, 0.3) is 0 Å². The van der Waals surface area contributed by atoms with Crippen LogP contribution in [0.25, 0.3) is 0 Å². The number of hydrogen-bond acceptors (Lipinski definition) is 6. The van der Waals surface area contributed by atoms with Gasteiger partial charge in [-0.05, 0) is 68.8 Å². The zero-order valence-corrected chi connectivity index (χ0v) is 20.0. The Kier molecular flexibility index (Phi) is 8.02. The molecule has 0 N–H and O–H groups in total. The molecular formula is C24H34N4O4S. The van der Waals surface area contributed by atoms with Gasteiger partial charge in [0.15, 0.2) is 0 Å². The molecule has 0 aliphatic carbocycles. The fourth-order valence-corrected chi connectivity index (χ4v) is 6.55. The fraction of sp³-hybridized carbons (Fsp3) is 0.667. The summed E-state index contributed by atoms with van der Waals surface area (Å²) in [5.41, 5.74) is 0.433. The van der Waals surface area contributed by atoms with E-state index < -0.39 is 10.0 Å². The zero-order chi connectivity index (χ0) is 23.3. The first-order chi connectivity index (χ1) is 16.0. The van der Waals surface area contributed by atoms with E-state index in [1.807, 2.05) is 11.0 Å². The van der Waals surface area contributed by atoms with E-state index in [0.29, 0.717) is 37.4 Å². The van der Waals surface area contributed by atoms with Crippen LogP contribution >= 0.6 is 0 Å². The van der Waals surface area contributed by atoms with Crippen molar-refractivity contribution < 1.29 is 17.9 Å². The third kappa shape index (κ3) is 5.93. The monoisotopic (exact) mass is 474 g/mol. The average Bonchev–Trinajstić information content (AvgIpc) is 2.88. The van der Waals surface area contributed by atoms with Crippen LogP contribution in [-0.2, 0) is 19.6 Å². The molecule has 3 heterocycles. The molecule has 1 amide bonds. The van der Waals surface area contributed by atoms with Crippen LogP contribution in [0.3, 0.4) is 0 Å². The Morgan fingerprint density at radius 1 is 0.970 bits per heavy atom. The van der Waals surface area contributed by atoms with E-state index >= 15 is 0 Å². The highest BCUT2D eigenvalue weighted by Gasteiger charge is 2.35. The van der Waals surface area contributed by atoms with Gasteiger partial charge in [0, 0.05) is 45.2 Å². The van der Waals surface area contributed by atoms with Crippen LogP contribution in [0.4, 0.5) is 0 Å². The first-order valence-corrected chi connectivity index (χ1v) is 13.5. The fourth-order valence-electron chi connectivity index (χ4n) is 5.08. The van der Waals surface area contributed by atoms with E-state index in [1.54, 1.807) is 0 Å². The lowest BCUT2D eigenvalue weighted by Crippen LogP contribution is -2.46. The Labute approximate surface area is 197 Å². The minimum atomic E-state index is -3.60. The number of nitrogens with zero attached hydrogens (tertiary/aromatic N) is 4. The second-order valence-electron chi connectivity index (χ2n) is 9.33. The van der Waals surface area contributed by atoms with Crippen molar-refractivity contribution in [3.8, 4) is 6.07 Å². The van der Waals surface area contributed by atoms with Gasteiger partial charge < -0.3 is 9.64 Å². The van der Waals surface area contributed by atoms with Gasteiger partial charge in [-0.2, -0.15) is 9.57 Å². The molecule has 4 rings (SSSR count). The molecule has 0 radical (unpaired) electrons. The normalized spacial score (nSPS) is 22.2. The molecule has 0 aromatic heterocycles. The molecule has 3 fully saturated rings. The van der Waals surface area contributed by atoms with Crippen LogP contribution < -0.4 is 0 Å². The Morgan fingerprint density at radius 2 is 1.61 bits per heavy atom. The number of benzene rings is 1. The molecule has 8 nitrogen and oxygen atoms in total. The van der Waals surface area contributed by atoms with E-state index in [0.717, 1.165) is 58.8 Å². The molecule has 0 saturated carbocycles. The molecule has 3 aliphatic heterocycles. The van der Waals surface area contributed by atoms with Crippen molar-refractivity contribution in [2.45, 2.75) is 37.0 Å². The van der Waals surface area contributed by atoms with E-state index in [-0.39, 0.29) is 16.7 Å². The zero-order valence-electron chi connectivity index (χ0n) is 19.2. The maximum atomic E-state index is 13.1. The summed E-state index contributed by atoms with van der Waals surface area (Å²) in [6, 6.07) is 8.01. The minimum Gasteiger partial charge on any atom is -0.379 e. The molecule has 180 valence electrons. The summed E-state index contributed by atoms with van der Waals surface area (Å²) in [6.45, 7) is 7.18. The number of ether oxygens (including phenoxy) is 1. The molecule has 9 heteroatoms. The van der Waals surface area contributed by atoms with Crippen molar-refractivity contribution in [3.05, 3.63) is 29.8 Å². The number of nitriles is 1. The van der Waals surface area contributed by atoms with Crippen LogP contribution in [0, 0.1) is 23.2 Å². The van der Waals surface area contributed by atoms with Crippen molar-refractivity contribution in [1.29, 1.82) is 5.26 Å². The van der Waals surface area contributed by atoms with E-state index in [2.05, 4.69) is 4.90 Å². The predicted octanol–water partition coefficient (Wildman–Crippen LogP) is 1.92. The van der Waals surface area contributed by atoms with Crippen molar-refractivity contribution in [3.63, 3.8) is 0 Å². The van der Waals surface area contributed by atoms with Crippen molar-refractivity contribution in [1.82, 2.24) is 14.1 Å². The highest BCUT2D eigenvalue weighted by molar-refractivity contribution is 7.89. The largest absolute Gasteiger partial charge is 0.379 e. The van der Waals surface area contributed by atoms with Gasteiger partial charge in [-0.3, -0.25) is 9.69 Å². The summed E-state index contributed by atoms with van der Waals surface area (Å²) in [4.78, 5) is 17.7. The van der Waals surface area contributed by atoms with Crippen LogP contribution in [0.2, 0.25) is 0 Å². The summed E-state index contributed by atoms with van der Waals surface area (Å²) in [5.74, 6) is 0.774. The number of piperidine rings is 2. The second-order valence-corrected chi connectivity index (χ2v) is 11.3. The number of likely N-dealkylation sites (tertiary alicyclic amines) is 1. The van der Waals surface area contributed by atoms with Crippen molar-refractivity contribution in [2.24, 2.45) is 11.8 Å². The third-order valence-electron chi connectivity index (χ3n) is 7.31. The van der Waals surface area contributed by atoms with Gasteiger partial charge >= 0.3 is 0 Å². The summed E-state index contributed by atoms with van der Waals surface area (Å²) in [5, 5.41) is 8.91. The highest BCUT2D eigenvalue weighted by atomic mass is 32.2. The smallest absolute Gasteiger partial charge is 0.243 e. The molecule has 0 atom stereocenters. The average molecular weight is 475 g/mol. The Hall–Kier alpha value is -1.99. The van der Waals surface area contributed by atoms with Gasteiger partial charge in [0.1, 0.15) is 0 Å². The summed E-state index contributed by atoms with van der Waals surface area (Å²) < 4.78 is 32.7. The minimum absolute atomic E-state index is 0.0951.